The third kappa shape index (κ3) is 1.64. The van der Waals surface area contributed by atoms with Crippen molar-refractivity contribution in [2.45, 2.75) is 12.7 Å². The molecule has 1 heterocycles. The molecule has 3 heteroatoms. The third-order valence-electron chi connectivity index (χ3n) is 1.85. The molecule has 1 fully saturated rings. The average Bonchev–Trinajstić information content (AvgIpc) is 2.14. The van der Waals surface area contributed by atoms with E-state index in [1.807, 2.05) is 7.05 Å². The Hall–Kier alpha value is -0.120. The van der Waals surface area contributed by atoms with Crippen molar-refractivity contribution in [3.05, 3.63) is 0 Å². The van der Waals surface area contributed by atoms with E-state index in [1.165, 1.54) is 0 Å². The number of hydrogen-bond donors (Lipinski definition) is 2. The number of nitrogens with zero attached hydrogens (tertiary/aromatic N) is 1. The molecule has 0 aromatic carbocycles. The van der Waals surface area contributed by atoms with Gasteiger partial charge in [0.25, 0.3) is 0 Å². The van der Waals surface area contributed by atoms with E-state index in [1.54, 1.807) is 0 Å². The van der Waals surface area contributed by atoms with E-state index < -0.39 is 6.29 Å². The Morgan fingerprint density at radius 2 is 2.22 bits per heavy atom. The molecule has 3 nitrogen and oxygen atoms in total. The zero-order valence-corrected chi connectivity index (χ0v) is 5.62. The molecular formula is C6H13NO2. The number of hydrogen-bond acceptors (Lipinski definition) is 3. The molecular weight excluding hydrogens is 118 g/mol. The minimum Gasteiger partial charge on any atom is -0.368 e. The van der Waals surface area contributed by atoms with Crippen LogP contribution in [0.1, 0.15) is 6.42 Å². The summed E-state index contributed by atoms with van der Waals surface area (Å²) in [6, 6.07) is 0. The highest BCUT2D eigenvalue weighted by Gasteiger charge is 2.24. The van der Waals surface area contributed by atoms with E-state index in [9.17, 15) is 0 Å². The lowest BCUT2D eigenvalue weighted by molar-refractivity contribution is -0.0796. The fourth-order valence-corrected chi connectivity index (χ4v) is 1.21. The summed E-state index contributed by atoms with van der Waals surface area (Å²) in [6.07, 6.45) is -0.205. The monoisotopic (exact) mass is 131 g/mol. The van der Waals surface area contributed by atoms with Gasteiger partial charge < -0.3 is 15.1 Å². The summed E-state index contributed by atoms with van der Waals surface area (Å²) in [4.78, 5) is 2.10. The summed E-state index contributed by atoms with van der Waals surface area (Å²) in [5, 5.41) is 17.4. The smallest absolute Gasteiger partial charge is 0.155 e. The van der Waals surface area contributed by atoms with Crippen molar-refractivity contribution >= 4 is 0 Å². The summed E-state index contributed by atoms with van der Waals surface area (Å²) in [5.74, 6) is 0.0787. The highest BCUT2D eigenvalue weighted by molar-refractivity contribution is 4.73. The predicted octanol–water partition coefficient (Wildman–Crippen LogP) is -0.751. The minimum atomic E-state index is -1.12. The Labute approximate surface area is 54.9 Å². The second-order valence-corrected chi connectivity index (χ2v) is 2.72. The van der Waals surface area contributed by atoms with Gasteiger partial charge in [-0.15, -0.1) is 0 Å². The molecule has 2 N–H and O–H groups in total. The number of aliphatic hydroxyl groups excluding tert-OH is 1. The van der Waals surface area contributed by atoms with Crippen LogP contribution in [0.3, 0.4) is 0 Å². The van der Waals surface area contributed by atoms with Crippen molar-refractivity contribution in [2.24, 2.45) is 5.92 Å². The molecule has 0 saturated carbocycles. The molecule has 0 bridgehead atoms. The van der Waals surface area contributed by atoms with Gasteiger partial charge >= 0.3 is 0 Å². The van der Waals surface area contributed by atoms with Crippen molar-refractivity contribution in [1.82, 2.24) is 4.90 Å². The molecule has 1 unspecified atom stereocenters. The van der Waals surface area contributed by atoms with Gasteiger partial charge in [0, 0.05) is 12.5 Å². The van der Waals surface area contributed by atoms with Crippen LogP contribution in [0.4, 0.5) is 0 Å². The van der Waals surface area contributed by atoms with Gasteiger partial charge in [0.2, 0.25) is 0 Å². The van der Waals surface area contributed by atoms with Gasteiger partial charge in [0.1, 0.15) is 0 Å². The summed E-state index contributed by atoms with van der Waals surface area (Å²) >= 11 is 0. The maximum atomic E-state index is 8.70. The Bertz CT molecular complexity index is 95.1. The number of likely N-dealkylation sites (tertiary alicyclic amines) is 1. The summed E-state index contributed by atoms with van der Waals surface area (Å²) in [6.45, 7) is 1.81. The zero-order chi connectivity index (χ0) is 6.85. The first-order chi connectivity index (χ1) is 4.20. The van der Waals surface area contributed by atoms with Gasteiger partial charge in [-0.05, 0) is 20.0 Å². The maximum absolute atomic E-state index is 8.70. The van der Waals surface area contributed by atoms with Gasteiger partial charge in [-0.25, -0.2) is 0 Å². The topological polar surface area (TPSA) is 43.7 Å². The normalized spacial score (nSPS) is 30.0. The van der Waals surface area contributed by atoms with E-state index in [0.717, 1.165) is 19.5 Å². The molecule has 0 amide bonds. The van der Waals surface area contributed by atoms with Gasteiger partial charge in [-0.1, -0.05) is 0 Å². The molecule has 1 aliphatic heterocycles. The lowest BCUT2D eigenvalue weighted by Crippen LogP contribution is -2.22. The summed E-state index contributed by atoms with van der Waals surface area (Å²) in [5.41, 5.74) is 0. The summed E-state index contributed by atoms with van der Waals surface area (Å²) in [7, 11) is 1.99. The zero-order valence-electron chi connectivity index (χ0n) is 5.62. The second-order valence-electron chi connectivity index (χ2n) is 2.72. The quantitative estimate of drug-likeness (QED) is 0.460. The van der Waals surface area contributed by atoms with E-state index in [2.05, 4.69) is 4.90 Å². The molecule has 1 saturated heterocycles. The van der Waals surface area contributed by atoms with E-state index in [0.29, 0.717) is 0 Å². The van der Waals surface area contributed by atoms with Crippen LogP contribution in [0.25, 0.3) is 0 Å². The van der Waals surface area contributed by atoms with Crippen LogP contribution in [0.5, 0.6) is 0 Å². The average molecular weight is 131 g/mol. The van der Waals surface area contributed by atoms with Gasteiger partial charge in [0.15, 0.2) is 6.29 Å². The van der Waals surface area contributed by atoms with Crippen LogP contribution in [0.2, 0.25) is 0 Å². The van der Waals surface area contributed by atoms with Crippen LogP contribution in [0, 0.1) is 5.92 Å². The predicted molar refractivity (Wildman–Crippen MR) is 33.8 cm³/mol. The molecule has 0 spiro atoms. The molecule has 0 aromatic heterocycles. The second kappa shape index (κ2) is 2.64. The van der Waals surface area contributed by atoms with Crippen molar-refractivity contribution in [3.63, 3.8) is 0 Å². The number of aliphatic hydroxyl groups is 2. The van der Waals surface area contributed by atoms with Crippen molar-refractivity contribution in [3.8, 4) is 0 Å². The van der Waals surface area contributed by atoms with Crippen molar-refractivity contribution in [2.75, 3.05) is 20.1 Å². The fraction of sp³-hybridized carbons (Fsp3) is 1.00. The highest BCUT2D eigenvalue weighted by Crippen LogP contribution is 2.16. The number of rotatable bonds is 1. The largest absolute Gasteiger partial charge is 0.368 e. The first-order valence-electron chi connectivity index (χ1n) is 3.25. The van der Waals surface area contributed by atoms with E-state index >= 15 is 0 Å². The first kappa shape index (κ1) is 6.99. The first-order valence-corrected chi connectivity index (χ1v) is 3.25. The van der Waals surface area contributed by atoms with Crippen LogP contribution in [0.15, 0.2) is 0 Å². The summed E-state index contributed by atoms with van der Waals surface area (Å²) < 4.78 is 0. The minimum absolute atomic E-state index is 0.0787. The highest BCUT2D eigenvalue weighted by atomic mass is 16.5. The standard InChI is InChI=1S/C6H13NO2/c1-7-3-2-5(4-7)6(8)9/h5-6,8-9H,2-4H2,1H3. The van der Waals surface area contributed by atoms with Gasteiger partial charge in [0.05, 0.1) is 0 Å². The van der Waals surface area contributed by atoms with E-state index in [-0.39, 0.29) is 5.92 Å². The molecule has 1 rings (SSSR count). The fourth-order valence-electron chi connectivity index (χ4n) is 1.21. The van der Waals surface area contributed by atoms with Crippen molar-refractivity contribution in [1.29, 1.82) is 0 Å². The van der Waals surface area contributed by atoms with Gasteiger partial charge in [-0.2, -0.15) is 0 Å². The molecule has 0 aliphatic carbocycles. The van der Waals surface area contributed by atoms with Crippen LogP contribution in [-0.2, 0) is 0 Å². The van der Waals surface area contributed by atoms with Crippen LogP contribution in [-0.4, -0.2) is 41.5 Å². The molecule has 1 atom stereocenters. The van der Waals surface area contributed by atoms with E-state index in [4.69, 9.17) is 10.2 Å². The SMILES string of the molecule is CN1CCC(C(O)O)C1. The lowest BCUT2D eigenvalue weighted by Gasteiger charge is -2.11. The van der Waals surface area contributed by atoms with Gasteiger partial charge in [-0.3, -0.25) is 0 Å². The lowest BCUT2D eigenvalue weighted by atomic mass is 10.1. The Kier molecular flexibility index (Phi) is 2.05. The third-order valence-corrected chi connectivity index (χ3v) is 1.85. The Morgan fingerprint density at radius 3 is 2.44 bits per heavy atom. The maximum Gasteiger partial charge on any atom is 0.155 e. The molecule has 9 heavy (non-hydrogen) atoms. The Balaban J connectivity index is 2.30. The molecule has 1 aliphatic rings. The molecule has 0 radical (unpaired) electrons. The van der Waals surface area contributed by atoms with Crippen molar-refractivity contribution < 1.29 is 10.2 Å². The molecule has 54 valence electrons. The van der Waals surface area contributed by atoms with Crippen LogP contribution < -0.4 is 0 Å². The Morgan fingerprint density at radius 1 is 1.56 bits per heavy atom. The molecule has 0 aromatic rings. The van der Waals surface area contributed by atoms with Crippen LogP contribution >= 0.6 is 0 Å².